The van der Waals surface area contributed by atoms with E-state index in [0.717, 1.165) is 29.4 Å². The van der Waals surface area contributed by atoms with Gasteiger partial charge < -0.3 is 19.9 Å². The van der Waals surface area contributed by atoms with Gasteiger partial charge in [0.25, 0.3) is 0 Å². The van der Waals surface area contributed by atoms with Crippen LogP contribution in [0.15, 0.2) is 42.5 Å². The minimum atomic E-state index is -0.855. The fourth-order valence-electron chi connectivity index (χ4n) is 3.62. The number of nitrogens with one attached hydrogen (secondary N) is 1. The third-order valence-electron chi connectivity index (χ3n) is 5.23. The third kappa shape index (κ3) is 5.45. The Kier molecular flexibility index (Phi) is 7.25. The average molecular weight is 385 g/mol. The van der Waals surface area contributed by atoms with Crippen molar-refractivity contribution in [1.82, 2.24) is 5.32 Å². The molecule has 2 N–H and O–H groups in total. The van der Waals surface area contributed by atoms with Gasteiger partial charge in [0, 0.05) is 31.6 Å². The van der Waals surface area contributed by atoms with E-state index in [9.17, 15) is 14.7 Å². The van der Waals surface area contributed by atoms with Gasteiger partial charge >= 0.3 is 5.97 Å². The molecule has 0 aromatic heterocycles. The van der Waals surface area contributed by atoms with E-state index >= 15 is 0 Å². The summed E-state index contributed by atoms with van der Waals surface area (Å²) < 4.78 is 11.1. The van der Waals surface area contributed by atoms with Crippen LogP contribution in [-0.4, -0.2) is 43.3 Å². The van der Waals surface area contributed by atoms with Crippen LogP contribution in [0.5, 0.6) is 5.75 Å². The van der Waals surface area contributed by atoms with Crippen LogP contribution in [0.4, 0.5) is 0 Å². The van der Waals surface area contributed by atoms with Crippen molar-refractivity contribution in [2.75, 3.05) is 26.4 Å². The van der Waals surface area contributed by atoms with E-state index in [0.29, 0.717) is 32.7 Å². The van der Waals surface area contributed by atoms with Crippen LogP contribution in [0, 0.1) is 11.8 Å². The van der Waals surface area contributed by atoms with Crippen LogP contribution >= 0.6 is 0 Å². The monoisotopic (exact) mass is 385 g/mol. The quantitative estimate of drug-likeness (QED) is 0.648. The third-order valence-corrected chi connectivity index (χ3v) is 5.23. The number of carboxylic acid groups (broad SMARTS) is 1. The predicted molar refractivity (Wildman–Crippen MR) is 106 cm³/mol. The Bertz CT molecular complexity index is 795. The molecule has 0 bridgehead atoms. The van der Waals surface area contributed by atoms with Gasteiger partial charge in [-0.3, -0.25) is 9.59 Å². The maximum absolute atomic E-state index is 12.1. The van der Waals surface area contributed by atoms with Gasteiger partial charge in [-0.25, -0.2) is 0 Å². The molecule has 1 amide bonds. The first kappa shape index (κ1) is 20.1. The molecule has 0 radical (unpaired) electrons. The summed E-state index contributed by atoms with van der Waals surface area (Å²) in [6, 6.07) is 13.9. The number of rotatable bonds is 9. The van der Waals surface area contributed by atoms with E-state index in [4.69, 9.17) is 9.47 Å². The first-order valence-electron chi connectivity index (χ1n) is 9.83. The van der Waals surface area contributed by atoms with Crippen molar-refractivity contribution in [2.24, 2.45) is 11.8 Å². The number of ether oxygens (including phenoxy) is 2. The van der Waals surface area contributed by atoms with Crippen LogP contribution in [0.3, 0.4) is 0 Å². The number of amides is 1. The van der Waals surface area contributed by atoms with Gasteiger partial charge in [-0.1, -0.05) is 36.4 Å². The number of fused-ring (bicyclic) bond motifs is 1. The van der Waals surface area contributed by atoms with Gasteiger partial charge in [-0.2, -0.15) is 0 Å². The van der Waals surface area contributed by atoms with Crippen molar-refractivity contribution in [1.29, 1.82) is 0 Å². The normalized spacial score (nSPS) is 15.9. The maximum Gasteiger partial charge on any atom is 0.308 e. The fraction of sp³-hybridized carbons (Fsp3) is 0.455. The zero-order valence-corrected chi connectivity index (χ0v) is 15.9. The number of benzene rings is 2. The van der Waals surface area contributed by atoms with Gasteiger partial charge in [0.1, 0.15) is 5.75 Å². The van der Waals surface area contributed by atoms with E-state index in [1.807, 2.05) is 42.5 Å². The zero-order valence-electron chi connectivity index (χ0n) is 15.9. The molecule has 0 aliphatic carbocycles. The van der Waals surface area contributed by atoms with E-state index < -0.39 is 11.9 Å². The SMILES string of the molecule is O=C(CCCOc1cccc2ccccc12)NCC(C(=O)O)C1CCOCC1. The molecule has 1 aliphatic heterocycles. The lowest BCUT2D eigenvalue weighted by molar-refractivity contribution is -0.145. The summed E-state index contributed by atoms with van der Waals surface area (Å²) in [6.07, 6.45) is 2.34. The van der Waals surface area contributed by atoms with Crippen molar-refractivity contribution in [3.05, 3.63) is 42.5 Å². The molecule has 0 spiro atoms. The van der Waals surface area contributed by atoms with Crippen molar-refractivity contribution in [3.63, 3.8) is 0 Å². The molecule has 6 heteroatoms. The summed E-state index contributed by atoms with van der Waals surface area (Å²) >= 11 is 0. The van der Waals surface area contributed by atoms with Crippen molar-refractivity contribution < 1.29 is 24.2 Å². The van der Waals surface area contributed by atoms with E-state index in [2.05, 4.69) is 5.32 Å². The molecule has 2 aromatic rings. The Balaban J connectivity index is 1.41. The van der Waals surface area contributed by atoms with Gasteiger partial charge in [-0.15, -0.1) is 0 Å². The summed E-state index contributed by atoms with van der Waals surface area (Å²) in [5.74, 6) is -0.684. The first-order chi connectivity index (χ1) is 13.6. The second-order valence-corrected chi connectivity index (χ2v) is 7.13. The van der Waals surface area contributed by atoms with Crippen molar-refractivity contribution in [2.45, 2.75) is 25.7 Å². The molecule has 6 nitrogen and oxygen atoms in total. The van der Waals surface area contributed by atoms with Gasteiger partial charge in [0.05, 0.1) is 12.5 Å². The second-order valence-electron chi connectivity index (χ2n) is 7.13. The molecule has 1 fully saturated rings. The number of carbonyl (C=O) groups excluding carboxylic acids is 1. The molecule has 0 saturated carbocycles. The molecule has 1 aliphatic rings. The van der Waals surface area contributed by atoms with Crippen LogP contribution in [0.1, 0.15) is 25.7 Å². The zero-order chi connectivity index (χ0) is 19.8. The lowest BCUT2D eigenvalue weighted by Gasteiger charge is -2.27. The van der Waals surface area contributed by atoms with Gasteiger partial charge in [-0.05, 0) is 36.6 Å². The fourth-order valence-corrected chi connectivity index (χ4v) is 3.62. The molecular formula is C22H27NO5. The second kappa shape index (κ2) is 10.1. The van der Waals surface area contributed by atoms with Gasteiger partial charge in [0.15, 0.2) is 0 Å². The van der Waals surface area contributed by atoms with Crippen LogP contribution < -0.4 is 10.1 Å². The Morgan fingerprint density at radius 3 is 2.68 bits per heavy atom. The number of hydrogen-bond acceptors (Lipinski definition) is 4. The molecule has 1 unspecified atom stereocenters. The van der Waals surface area contributed by atoms with Crippen LogP contribution in [0.2, 0.25) is 0 Å². The van der Waals surface area contributed by atoms with Crippen LogP contribution in [-0.2, 0) is 14.3 Å². The molecule has 1 saturated heterocycles. The minimum absolute atomic E-state index is 0.0567. The summed E-state index contributed by atoms with van der Waals surface area (Å²) in [6.45, 7) is 1.79. The van der Waals surface area contributed by atoms with E-state index in [1.165, 1.54) is 0 Å². The maximum atomic E-state index is 12.1. The summed E-state index contributed by atoms with van der Waals surface area (Å²) in [5, 5.41) is 14.4. The predicted octanol–water partition coefficient (Wildman–Crippen LogP) is 3.24. The number of carbonyl (C=O) groups is 2. The Hall–Kier alpha value is -2.60. The lowest BCUT2D eigenvalue weighted by atomic mass is 9.86. The number of aliphatic carboxylic acids is 1. The Morgan fingerprint density at radius 1 is 1.14 bits per heavy atom. The molecule has 3 rings (SSSR count). The van der Waals surface area contributed by atoms with Crippen molar-refractivity contribution in [3.8, 4) is 5.75 Å². The smallest absolute Gasteiger partial charge is 0.308 e. The van der Waals surface area contributed by atoms with Crippen molar-refractivity contribution >= 4 is 22.6 Å². The van der Waals surface area contributed by atoms with Gasteiger partial charge in [0.2, 0.25) is 5.91 Å². The topological polar surface area (TPSA) is 84.9 Å². The largest absolute Gasteiger partial charge is 0.493 e. The average Bonchev–Trinajstić information content (AvgIpc) is 2.72. The molecule has 150 valence electrons. The summed E-state index contributed by atoms with van der Waals surface area (Å²) in [7, 11) is 0. The highest BCUT2D eigenvalue weighted by atomic mass is 16.5. The highest BCUT2D eigenvalue weighted by molar-refractivity contribution is 5.88. The summed E-state index contributed by atoms with van der Waals surface area (Å²) in [5.41, 5.74) is 0. The van der Waals surface area contributed by atoms with E-state index in [-0.39, 0.29) is 18.4 Å². The lowest BCUT2D eigenvalue weighted by Crippen LogP contribution is -2.39. The minimum Gasteiger partial charge on any atom is -0.493 e. The molecule has 2 aromatic carbocycles. The molecule has 1 atom stereocenters. The molecule has 28 heavy (non-hydrogen) atoms. The Labute approximate surface area is 164 Å². The highest BCUT2D eigenvalue weighted by Gasteiger charge is 2.29. The summed E-state index contributed by atoms with van der Waals surface area (Å²) in [4.78, 5) is 23.6. The van der Waals surface area contributed by atoms with Crippen LogP contribution in [0.25, 0.3) is 10.8 Å². The highest BCUT2D eigenvalue weighted by Crippen LogP contribution is 2.25. The Morgan fingerprint density at radius 2 is 1.89 bits per heavy atom. The number of hydrogen-bond donors (Lipinski definition) is 2. The number of carboxylic acids is 1. The first-order valence-corrected chi connectivity index (χ1v) is 9.83. The van der Waals surface area contributed by atoms with E-state index in [1.54, 1.807) is 0 Å². The molecule has 1 heterocycles. The molecular weight excluding hydrogens is 358 g/mol. The standard InChI is InChI=1S/C22H27NO5/c24-21(23-15-19(22(25)26)17-10-13-27-14-11-17)9-4-12-28-20-8-3-6-16-5-1-2-7-18(16)20/h1-3,5-8,17,19H,4,9-15H2,(H,23,24)(H,25,26).